The number of benzene rings is 1. The topological polar surface area (TPSA) is 82.1 Å². The van der Waals surface area contributed by atoms with Crippen LogP contribution in [0.25, 0.3) is 0 Å². The summed E-state index contributed by atoms with van der Waals surface area (Å²) in [5.74, 6) is -1.00. The first-order valence-corrected chi connectivity index (χ1v) is 9.80. The molecule has 1 aliphatic rings. The van der Waals surface area contributed by atoms with Gasteiger partial charge < -0.3 is 19.3 Å². The highest BCUT2D eigenvalue weighted by Crippen LogP contribution is 2.38. The first kappa shape index (κ1) is 26.1. The van der Waals surface area contributed by atoms with Crippen LogP contribution in [0.3, 0.4) is 0 Å². The van der Waals surface area contributed by atoms with E-state index in [1.165, 1.54) is 7.11 Å². The molecule has 0 bridgehead atoms. The first-order chi connectivity index (χ1) is 13.3. The predicted molar refractivity (Wildman–Crippen MR) is 109 cm³/mol. The van der Waals surface area contributed by atoms with Crippen molar-refractivity contribution in [2.75, 3.05) is 20.8 Å². The van der Waals surface area contributed by atoms with Crippen molar-refractivity contribution in [3.05, 3.63) is 35.9 Å². The minimum absolute atomic E-state index is 0.0691. The molecular formula is C22H36O6. The molecule has 1 heterocycles. The number of rotatable bonds is 5. The predicted octanol–water partition coefficient (Wildman–Crippen LogP) is 4.01. The maximum absolute atomic E-state index is 12.8. The fourth-order valence-corrected chi connectivity index (χ4v) is 3.16. The molecule has 6 nitrogen and oxygen atoms in total. The standard InChI is InChI=1S/C19H26O5.C2H6.CH4O/c1-5-15-11-12-18(2,3)24-17(21)19(15,22-4)13-23-16(20)14-9-7-6-8-10-14;2*1-2/h6-10,15H,5,11-13H2,1-4H3;1-2H3;2H,1H3/t15-,19?;;/m1../s1. The van der Waals surface area contributed by atoms with E-state index in [1.54, 1.807) is 24.3 Å². The molecule has 0 radical (unpaired) electrons. The van der Waals surface area contributed by atoms with Gasteiger partial charge >= 0.3 is 11.9 Å². The molecule has 1 fully saturated rings. The molecule has 28 heavy (non-hydrogen) atoms. The van der Waals surface area contributed by atoms with Crippen LogP contribution in [0.4, 0.5) is 0 Å². The van der Waals surface area contributed by atoms with E-state index in [0.29, 0.717) is 5.56 Å². The van der Waals surface area contributed by atoms with Crippen molar-refractivity contribution in [2.45, 2.75) is 65.1 Å². The lowest BCUT2D eigenvalue weighted by atomic mass is 9.82. The number of carbonyl (C=O) groups is 2. The Morgan fingerprint density at radius 3 is 2.29 bits per heavy atom. The Bertz CT molecular complexity index is 584. The van der Waals surface area contributed by atoms with Crippen molar-refractivity contribution >= 4 is 11.9 Å². The molecular weight excluding hydrogens is 360 g/mol. The molecule has 2 atom stereocenters. The van der Waals surface area contributed by atoms with E-state index >= 15 is 0 Å². The monoisotopic (exact) mass is 396 g/mol. The van der Waals surface area contributed by atoms with Gasteiger partial charge in [-0.25, -0.2) is 9.59 Å². The van der Waals surface area contributed by atoms with Crippen LogP contribution in [0, 0.1) is 5.92 Å². The molecule has 160 valence electrons. The maximum atomic E-state index is 12.8. The quantitative estimate of drug-likeness (QED) is 0.758. The van der Waals surface area contributed by atoms with Crippen molar-refractivity contribution in [1.82, 2.24) is 0 Å². The highest BCUT2D eigenvalue weighted by Gasteiger charge is 2.52. The summed E-state index contributed by atoms with van der Waals surface area (Å²) in [5, 5.41) is 7.00. The van der Waals surface area contributed by atoms with Crippen molar-refractivity contribution < 1.29 is 28.9 Å². The van der Waals surface area contributed by atoms with Crippen LogP contribution >= 0.6 is 0 Å². The second kappa shape index (κ2) is 12.5. The Morgan fingerprint density at radius 1 is 1.21 bits per heavy atom. The maximum Gasteiger partial charge on any atom is 0.342 e. The fraction of sp³-hybridized carbons (Fsp3) is 0.636. The third-order valence-corrected chi connectivity index (χ3v) is 4.75. The van der Waals surface area contributed by atoms with Crippen LogP contribution in [0.5, 0.6) is 0 Å². The van der Waals surface area contributed by atoms with Crippen LogP contribution in [0.1, 0.15) is 64.2 Å². The Labute approximate surface area is 169 Å². The number of cyclic esters (lactones) is 1. The summed E-state index contributed by atoms with van der Waals surface area (Å²) in [5.41, 5.74) is -1.36. The summed E-state index contributed by atoms with van der Waals surface area (Å²) in [6.45, 7) is 9.63. The van der Waals surface area contributed by atoms with E-state index < -0.39 is 23.1 Å². The fourth-order valence-electron chi connectivity index (χ4n) is 3.16. The molecule has 0 aliphatic carbocycles. The van der Waals surface area contributed by atoms with Crippen LogP contribution in [0.2, 0.25) is 0 Å². The second-order valence-electron chi connectivity index (χ2n) is 6.83. The number of methoxy groups -OCH3 is 1. The van der Waals surface area contributed by atoms with E-state index in [1.807, 2.05) is 40.7 Å². The Kier molecular flexibility index (Phi) is 11.7. The Hall–Kier alpha value is -1.92. The number of aliphatic hydroxyl groups is 1. The molecule has 0 aromatic heterocycles. The Morgan fingerprint density at radius 2 is 1.79 bits per heavy atom. The summed E-state index contributed by atoms with van der Waals surface area (Å²) in [4.78, 5) is 25.0. The number of ether oxygens (including phenoxy) is 3. The van der Waals surface area contributed by atoms with Crippen LogP contribution < -0.4 is 0 Å². The average Bonchev–Trinajstić information content (AvgIpc) is 2.82. The number of esters is 2. The highest BCUT2D eigenvalue weighted by molar-refractivity contribution is 5.90. The highest BCUT2D eigenvalue weighted by atomic mass is 16.6. The van der Waals surface area contributed by atoms with Gasteiger partial charge in [0.25, 0.3) is 0 Å². The summed E-state index contributed by atoms with van der Waals surface area (Å²) >= 11 is 0. The average molecular weight is 397 g/mol. The van der Waals surface area contributed by atoms with Gasteiger partial charge in [-0.15, -0.1) is 0 Å². The second-order valence-corrected chi connectivity index (χ2v) is 6.83. The molecule has 1 aliphatic heterocycles. The van der Waals surface area contributed by atoms with Crippen LogP contribution in [-0.2, 0) is 19.0 Å². The smallest absolute Gasteiger partial charge is 0.342 e. The van der Waals surface area contributed by atoms with Crippen molar-refractivity contribution in [3.63, 3.8) is 0 Å². The SMILES string of the molecule is CC.CC[C@@H]1CCC(C)(C)OC(=O)C1(COC(=O)c1ccccc1)OC.CO. The summed E-state index contributed by atoms with van der Waals surface area (Å²) in [6.07, 6.45) is 2.25. The van der Waals surface area contributed by atoms with Crippen molar-refractivity contribution in [2.24, 2.45) is 5.92 Å². The van der Waals surface area contributed by atoms with E-state index in [4.69, 9.17) is 19.3 Å². The first-order valence-electron chi connectivity index (χ1n) is 9.80. The van der Waals surface area contributed by atoms with Gasteiger partial charge in [-0.1, -0.05) is 39.0 Å². The van der Waals surface area contributed by atoms with Crippen molar-refractivity contribution in [3.8, 4) is 0 Å². The van der Waals surface area contributed by atoms with Gasteiger partial charge in [0.05, 0.1) is 5.56 Å². The van der Waals surface area contributed by atoms with Gasteiger partial charge in [0.1, 0.15) is 12.2 Å². The molecule has 1 N–H and O–H groups in total. The number of hydrogen-bond acceptors (Lipinski definition) is 6. The molecule has 0 amide bonds. The van der Waals surface area contributed by atoms with Crippen molar-refractivity contribution in [1.29, 1.82) is 0 Å². The molecule has 6 heteroatoms. The third-order valence-electron chi connectivity index (χ3n) is 4.75. The summed E-state index contributed by atoms with van der Waals surface area (Å²) in [7, 11) is 2.47. The molecule has 1 saturated heterocycles. The molecule has 2 rings (SSSR count). The molecule has 1 unspecified atom stereocenters. The van der Waals surface area contributed by atoms with E-state index in [0.717, 1.165) is 26.4 Å². The number of hydrogen-bond donors (Lipinski definition) is 1. The molecule has 0 saturated carbocycles. The van der Waals surface area contributed by atoms with Gasteiger partial charge in [-0.2, -0.15) is 0 Å². The Balaban J connectivity index is 0.00000171. The van der Waals surface area contributed by atoms with Gasteiger partial charge in [0.15, 0.2) is 0 Å². The number of aliphatic hydroxyl groups excluding tert-OH is 1. The van der Waals surface area contributed by atoms with E-state index in [-0.39, 0.29) is 12.5 Å². The lowest BCUT2D eigenvalue weighted by Gasteiger charge is -2.34. The molecule has 1 aromatic carbocycles. The zero-order chi connectivity index (χ0) is 21.8. The van der Waals surface area contributed by atoms with E-state index in [2.05, 4.69) is 0 Å². The van der Waals surface area contributed by atoms with Gasteiger partial charge in [0, 0.05) is 20.1 Å². The summed E-state index contributed by atoms with van der Waals surface area (Å²) < 4.78 is 16.6. The lowest BCUT2D eigenvalue weighted by molar-refractivity contribution is -0.189. The molecule has 1 aromatic rings. The van der Waals surface area contributed by atoms with Crippen LogP contribution in [0.15, 0.2) is 30.3 Å². The van der Waals surface area contributed by atoms with Gasteiger partial charge in [-0.05, 0) is 45.2 Å². The minimum atomic E-state index is -1.26. The largest absolute Gasteiger partial charge is 0.458 e. The molecule has 0 spiro atoms. The van der Waals surface area contributed by atoms with Gasteiger partial charge in [0.2, 0.25) is 5.60 Å². The van der Waals surface area contributed by atoms with Crippen LogP contribution in [-0.4, -0.2) is 49.1 Å². The van der Waals surface area contributed by atoms with E-state index in [9.17, 15) is 9.59 Å². The normalized spacial score (nSPS) is 23.0. The third kappa shape index (κ3) is 6.60. The lowest BCUT2D eigenvalue weighted by Crippen LogP contribution is -2.52. The zero-order valence-corrected chi connectivity index (χ0v) is 18.3. The summed E-state index contributed by atoms with van der Waals surface area (Å²) in [6, 6.07) is 8.70. The zero-order valence-electron chi connectivity index (χ0n) is 18.3. The van der Waals surface area contributed by atoms with Gasteiger partial charge in [-0.3, -0.25) is 0 Å². The number of carbonyl (C=O) groups excluding carboxylic acids is 2. The minimum Gasteiger partial charge on any atom is -0.458 e.